The molecule has 10 nitrogen and oxygen atoms in total. The number of allylic oxidation sites excluding steroid dienone is 16. The fourth-order valence-corrected chi connectivity index (χ4v) is 7.59. The summed E-state index contributed by atoms with van der Waals surface area (Å²) in [5.74, 6) is -1.83. The van der Waals surface area contributed by atoms with Crippen LogP contribution < -0.4 is 5.73 Å². The van der Waals surface area contributed by atoms with Crippen LogP contribution in [-0.4, -0.2) is 60.5 Å². The molecule has 0 bridgehead atoms. The highest BCUT2D eigenvalue weighted by Gasteiger charge is 2.27. The first-order valence-electron chi connectivity index (χ1n) is 26.3. The second-order valence-electron chi connectivity index (χ2n) is 17.3. The minimum absolute atomic E-state index is 0.00737. The van der Waals surface area contributed by atoms with Crippen molar-refractivity contribution in [2.75, 3.05) is 26.4 Å². The number of unbranched alkanes of at least 4 members (excludes halogenated alkanes) is 19. The molecule has 0 heterocycles. The van der Waals surface area contributed by atoms with E-state index in [9.17, 15) is 19.0 Å². The molecule has 3 atom stereocenters. The minimum atomic E-state index is -4.64. The fraction of sp³-hybridized carbons (Fsp3) is 0.679. The number of carboxylic acid groups (broad SMARTS) is 1. The molecule has 0 radical (unpaired) electrons. The van der Waals surface area contributed by atoms with Crippen LogP contribution in [0.15, 0.2) is 97.2 Å². The van der Waals surface area contributed by atoms with Crippen LogP contribution in [0.3, 0.4) is 0 Å². The van der Waals surface area contributed by atoms with Gasteiger partial charge in [-0.15, -0.1) is 0 Å². The molecule has 0 saturated carbocycles. The molecule has 0 aromatic carbocycles. The van der Waals surface area contributed by atoms with Crippen molar-refractivity contribution in [1.29, 1.82) is 0 Å². The van der Waals surface area contributed by atoms with Gasteiger partial charge in [-0.05, 0) is 96.3 Å². The molecule has 0 aromatic heterocycles. The maximum atomic E-state index is 12.7. The maximum absolute atomic E-state index is 12.7. The molecule has 0 saturated heterocycles. The summed E-state index contributed by atoms with van der Waals surface area (Å²) in [4.78, 5) is 33.7. The molecule has 67 heavy (non-hydrogen) atoms. The molecule has 0 aromatic rings. The third-order valence-electron chi connectivity index (χ3n) is 10.8. The van der Waals surface area contributed by atoms with E-state index in [0.717, 1.165) is 77.0 Å². The van der Waals surface area contributed by atoms with Crippen LogP contribution >= 0.6 is 7.82 Å². The molecule has 0 rings (SSSR count). The van der Waals surface area contributed by atoms with Crippen LogP contribution in [0.1, 0.15) is 206 Å². The van der Waals surface area contributed by atoms with Gasteiger partial charge in [0.15, 0.2) is 0 Å². The number of ether oxygens (including phenoxy) is 2. The Bertz CT molecular complexity index is 1430. The van der Waals surface area contributed by atoms with Gasteiger partial charge >= 0.3 is 19.8 Å². The van der Waals surface area contributed by atoms with Crippen LogP contribution in [-0.2, 0) is 32.7 Å². The first-order chi connectivity index (χ1) is 32.7. The number of phosphoric ester groups is 1. The lowest BCUT2D eigenvalue weighted by atomic mass is 10.0. The largest absolute Gasteiger partial charge is 0.480 e. The van der Waals surface area contributed by atoms with E-state index in [1.807, 2.05) is 0 Å². The third-order valence-corrected chi connectivity index (χ3v) is 11.8. The number of carbonyl (C=O) groups is 2. The molecule has 0 aliphatic rings. The quantitative estimate of drug-likeness (QED) is 0.0232. The van der Waals surface area contributed by atoms with Gasteiger partial charge in [0.05, 0.1) is 19.8 Å². The van der Waals surface area contributed by atoms with Gasteiger partial charge in [-0.3, -0.25) is 18.6 Å². The number of rotatable bonds is 49. The zero-order chi connectivity index (χ0) is 49.0. The highest BCUT2D eigenvalue weighted by Crippen LogP contribution is 2.43. The summed E-state index contributed by atoms with van der Waals surface area (Å²) in [5.41, 5.74) is 5.37. The molecule has 0 amide bonds. The van der Waals surface area contributed by atoms with Crippen LogP contribution in [0.4, 0.5) is 0 Å². The first kappa shape index (κ1) is 63.9. The van der Waals surface area contributed by atoms with Crippen molar-refractivity contribution in [1.82, 2.24) is 0 Å². The molecular weight excluding hydrogens is 862 g/mol. The molecule has 384 valence electrons. The monoisotopic (exact) mass is 958 g/mol. The van der Waals surface area contributed by atoms with Gasteiger partial charge in [-0.2, -0.15) is 0 Å². The lowest BCUT2D eigenvalue weighted by molar-refractivity contribution is -0.154. The van der Waals surface area contributed by atoms with E-state index in [0.29, 0.717) is 13.0 Å². The van der Waals surface area contributed by atoms with Crippen molar-refractivity contribution >= 4 is 19.8 Å². The Morgan fingerprint density at radius 1 is 0.493 bits per heavy atom. The predicted molar refractivity (Wildman–Crippen MR) is 281 cm³/mol. The van der Waals surface area contributed by atoms with Crippen molar-refractivity contribution in [2.24, 2.45) is 5.73 Å². The van der Waals surface area contributed by atoms with Crippen molar-refractivity contribution in [2.45, 2.75) is 219 Å². The second-order valence-corrected chi connectivity index (χ2v) is 18.7. The number of aliphatic carboxylic acids is 1. The average molecular weight is 958 g/mol. The van der Waals surface area contributed by atoms with Crippen LogP contribution in [0.25, 0.3) is 0 Å². The highest BCUT2D eigenvalue weighted by atomic mass is 31.2. The van der Waals surface area contributed by atoms with E-state index in [-0.39, 0.29) is 13.0 Å². The Morgan fingerprint density at radius 2 is 0.866 bits per heavy atom. The highest BCUT2D eigenvalue weighted by molar-refractivity contribution is 7.47. The first-order valence-corrected chi connectivity index (χ1v) is 27.8. The molecule has 0 aliphatic heterocycles. The average Bonchev–Trinajstić information content (AvgIpc) is 3.31. The predicted octanol–water partition coefficient (Wildman–Crippen LogP) is 15.7. The van der Waals surface area contributed by atoms with E-state index in [2.05, 4.69) is 111 Å². The zero-order valence-corrected chi connectivity index (χ0v) is 43.1. The van der Waals surface area contributed by atoms with Gasteiger partial charge in [-0.25, -0.2) is 4.57 Å². The van der Waals surface area contributed by atoms with Crippen molar-refractivity contribution < 1.29 is 42.7 Å². The Balaban J connectivity index is 4.22. The van der Waals surface area contributed by atoms with Crippen molar-refractivity contribution in [3.05, 3.63) is 97.2 Å². The number of hydrogen-bond donors (Lipinski definition) is 3. The molecule has 0 fully saturated rings. The molecule has 3 unspecified atom stereocenters. The second kappa shape index (κ2) is 50.8. The lowest BCUT2D eigenvalue weighted by Crippen LogP contribution is -2.34. The summed E-state index contributed by atoms with van der Waals surface area (Å²) in [6.45, 7) is 3.70. The Morgan fingerprint density at radius 3 is 1.30 bits per heavy atom. The minimum Gasteiger partial charge on any atom is -0.480 e. The smallest absolute Gasteiger partial charge is 0.472 e. The van der Waals surface area contributed by atoms with Gasteiger partial charge in [0, 0.05) is 13.0 Å². The van der Waals surface area contributed by atoms with Crippen LogP contribution in [0.5, 0.6) is 0 Å². The number of phosphoric acid groups is 1. The number of carboxylic acids is 1. The molecule has 0 spiro atoms. The molecule has 11 heteroatoms. The maximum Gasteiger partial charge on any atom is 0.472 e. The van der Waals surface area contributed by atoms with Gasteiger partial charge in [-0.1, -0.05) is 201 Å². The standard InChI is InChI=1S/C56H96NO9P/c1-3-5-7-9-11-13-15-17-19-21-23-25-26-27-29-31-33-35-37-39-41-43-45-47-49-63-50-53(51-64-67(61,62)65-52-54(57)56(59)60)66-55(58)48-46-44-42-40-38-36-34-32-30-28-24-22-20-18-16-14-12-10-8-6-4-2/h6,8,12,14-15,17-18,20-21,23-24,28,32,34,38,40,53-54H,3-5,7,9-11,13,16,19,22,25-27,29-31,33,35-37,39,41-52,57H2,1-2H3,(H,59,60)(H,61,62)/b8-6-,14-12-,17-15-,20-18-,23-21-,28-24-,34-32-,40-38-. The van der Waals surface area contributed by atoms with Crippen LogP contribution in [0.2, 0.25) is 0 Å². The SMILES string of the molecule is CC/C=C\C/C=C\C/C=C\C/C=C\C/C=C\C/C=C\CCCCC(=O)OC(COCCCCCCCCCCCCCC/C=C\C/C=C\CCCCCCC)COP(=O)(O)OCC(N)C(=O)O. The van der Waals surface area contributed by atoms with Gasteiger partial charge in [0.25, 0.3) is 0 Å². The summed E-state index contributed by atoms with van der Waals surface area (Å²) < 4.78 is 33.5. The molecular formula is C56H96NO9P. The summed E-state index contributed by atoms with van der Waals surface area (Å²) in [6.07, 6.45) is 67.6. The topological polar surface area (TPSA) is 155 Å². The molecule has 4 N–H and O–H groups in total. The van der Waals surface area contributed by atoms with E-state index in [1.54, 1.807) is 0 Å². The summed E-state index contributed by atoms with van der Waals surface area (Å²) in [6, 6.07) is -1.49. The van der Waals surface area contributed by atoms with Crippen molar-refractivity contribution in [3.63, 3.8) is 0 Å². The fourth-order valence-electron chi connectivity index (χ4n) is 6.81. The van der Waals surface area contributed by atoms with E-state index >= 15 is 0 Å². The lowest BCUT2D eigenvalue weighted by Gasteiger charge is -2.20. The van der Waals surface area contributed by atoms with E-state index < -0.39 is 45.1 Å². The summed E-state index contributed by atoms with van der Waals surface area (Å²) >= 11 is 0. The Labute approximate surface area is 409 Å². The number of esters is 1. The Kier molecular flexibility index (Phi) is 48.4. The normalized spacial score (nSPS) is 14.4. The van der Waals surface area contributed by atoms with Crippen molar-refractivity contribution in [3.8, 4) is 0 Å². The zero-order valence-electron chi connectivity index (χ0n) is 42.2. The number of nitrogens with two attached hydrogens (primary N) is 1. The number of carbonyl (C=O) groups excluding carboxylic acids is 1. The summed E-state index contributed by atoms with van der Waals surface area (Å²) in [5, 5.41) is 8.94. The summed E-state index contributed by atoms with van der Waals surface area (Å²) in [7, 11) is -4.64. The van der Waals surface area contributed by atoms with E-state index in [4.69, 9.17) is 29.4 Å². The van der Waals surface area contributed by atoms with Gasteiger partial charge in [0.2, 0.25) is 0 Å². The van der Waals surface area contributed by atoms with Gasteiger partial charge < -0.3 is 25.2 Å². The number of hydrogen-bond acceptors (Lipinski definition) is 8. The van der Waals surface area contributed by atoms with Crippen LogP contribution in [0, 0.1) is 0 Å². The molecule has 0 aliphatic carbocycles. The van der Waals surface area contributed by atoms with Gasteiger partial charge in [0.1, 0.15) is 12.1 Å². The van der Waals surface area contributed by atoms with E-state index in [1.165, 1.54) is 103 Å². The Hall–Kier alpha value is -3.11. The third kappa shape index (κ3) is 50.6.